The van der Waals surface area contributed by atoms with Crippen LogP contribution in [0.15, 0.2) is 0 Å². The molecule has 36 valence electrons. The minimum atomic E-state index is -0.738. The maximum Gasteiger partial charge on any atom is 0.348 e. The summed E-state index contributed by atoms with van der Waals surface area (Å²) in [6, 6.07) is -0.738. The molecule has 2 amide bonds. The fourth-order valence-corrected chi connectivity index (χ4v) is 0.0750. The molecule has 0 fully saturated rings. The summed E-state index contributed by atoms with van der Waals surface area (Å²) in [5.74, 6) is 0. The highest BCUT2D eigenvalue weighted by Crippen LogP contribution is 1.58. The zero-order valence-corrected chi connectivity index (χ0v) is 3.70. The predicted molar refractivity (Wildman–Crippen MR) is 22.4 cm³/mol. The van der Waals surface area contributed by atoms with Crippen LogP contribution in [0.4, 0.5) is 4.79 Å². The van der Waals surface area contributed by atoms with Crippen LogP contribution in [-0.2, 0) is 0 Å². The molecule has 0 atom stereocenters. The molecule has 0 aliphatic carbocycles. The van der Waals surface area contributed by atoms with Gasteiger partial charge in [-0.3, -0.25) is 9.93 Å². The van der Waals surface area contributed by atoms with Gasteiger partial charge in [-0.2, -0.15) is 0 Å². The molecule has 0 spiro atoms. The number of hydrogen-bond donors (Lipinski definition) is 4. The highest BCUT2D eigenvalue weighted by molar-refractivity contribution is 7.78. The molecule has 0 bridgehead atoms. The van der Waals surface area contributed by atoms with Gasteiger partial charge < -0.3 is 0 Å². The Labute approximate surface area is 40.0 Å². The number of carbonyl (C=O) groups is 1. The number of amides is 2. The number of thiol groups is 1. The number of hydrogen-bond acceptors (Lipinski definition) is 3. The van der Waals surface area contributed by atoms with Crippen LogP contribution in [0.2, 0.25) is 0 Å². The first-order valence-corrected chi connectivity index (χ1v) is 1.60. The highest BCUT2D eigenvalue weighted by atomic mass is 32.1. The molecular weight excluding hydrogens is 104 g/mol. The lowest BCUT2D eigenvalue weighted by atomic mass is 11.2. The van der Waals surface area contributed by atoms with Crippen LogP contribution in [0.3, 0.4) is 0 Å². The van der Waals surface area contributed by atoms with Gasteiger partial charge in [0.25, 0.3) is 0 Å². The Hall–Kier alpha value is -0.420. The Balaban J connectivity index is 2.99. The zero-order chi connectivity index (χ0) is 4.99. The Kier molecular flexibility index (Phi) is 2.60. The summed E-state index contributed by atoms with van der Waals surface area (Å²) in [6.07, 6.45) is 0. The first-order valence-electron chi connectivity index (χ1n) is 1.15. The maximum absolute atomic E-state index is 9.63. The van der Waals surface area contributed by atoms with Crippen LogP contribution in [0.25, 0.3) is 0 Å². The minimum absolute atomic E-state index is 0.738. The van der Waals surface area contributed by atoms with E-state index in [2.05, 4.69) is 12.8 Å². The lowest BCUT2D eigenvalue weighted by Gasteiger charge is -1.88. The van der Waals surface area contributed by atoms with E-state index in [0.717, 1.165) is 0 Å². The zero-order valence-electron chi connectivity index (χ0n) is 2.80. The van der Waals surface area contributed by atoms with Crippen molar-refractivity contribution in [1.82, 2.24) is 10.2 Å². The molecule has 5 heteroatoms. The summed E-state index contributed by atoms with van der Waals surface area (Å²) >= 11 is 3.27. The molecule has 0 aliphatic heterocycles. The fourth-order valence-electron chi connectivity index (χ4n) is 0.0250. The van der Waals surface area contributed by atoms with Gasteiger partial charge in [0.15, 0.2) is 0 Å². The largest absolute Gasteiger partial charge is 0.348 e. The topological polar surface area (TPSA) is 61.4 Å². The van der Waals surface area contributed by atoms with Gasteiger partial charge in [-0.15, -0.1) is 0 Å². The minimum Gasteiger partial charge on any atom is -0.287 e. The van der Waals surface area contributed by atoms with E-state index >= 15 is 0 Å². The first kappa shape index (κ1) is 5.58. The SMILES string of the molecule is O=C(NO)NS. The summed E-state index contributed by atoms with van der Waals surface area (Å²) in [5, 5.41) is 7.62. The molecule has 0 radical (unpaired) electrons. The number of rotatable bonds is 0. The van der Waals surface area contributed by atoms with Gasteiger partial charge in [0.2, 0.25) is 0 Å². The summed E-state index contributed by atoms with van der Waals surface area (Å²) in [5.41, 5.74) is 1.29. The summed E-state index contributed by atoms with van der Waals surface area (Å²) in [6.45, 7) is 0. The van der Waals surface area contributed by atoms with Crippen molar-refractivity contribution in [2.75, 3.05) is 0 Å². The van der Waals surface area contributed by atoms with E-state index in [1.54, 1.807) is 0 Å². The van der Waals surface area contributed by atoms with Crippen LogP contribution in [0, 0.1) is 0 Å². The van der Waals surface area contributed by atoms with E-state index in [1.807, 2.05) is 4.72 Å². The molecule has 3 N–H and O–H groups in total. The van der Waals surface area contributed by atoms with Gasteiger partial charge >= 0.3 is 6.03 Å². The van der Waals surface area contributed by atoms with Crippen molar-refractivity contribution in [3.05, 3.63) is 0 Å². The normalized spacial score (nSPS) is 7.00. The molecule has 0 aromatic carbocycles. The Morgan fingerprint density at radius 3 is 2.33 bits per heavy atom. The highest BCUT2D eigenvalue weighted by Gasteiger charge is 1.84. The molecule has 0 saturated carbocycles. The summed E-state index contributed by atoms with van der Waals surface area (Å²) < 4.78 is 1.81. The molecule has 0 unspecified atom stereocenters. The Morgan fingerprint density at radius 2 is 2.33 bits per heavy atom. The van der Waals surface area contributed by atoms with E-state index in [9.17, 15) is 4.79 Å². The van der Waals surface area contributed by atoms with Crippen molar-refractivity contribution in [1.29, 1.82) is 0 Å². The smallest absolute Gasteiger partial charge is 0.287 e. The predicted octanol–water partition coefficient (Wildman–Crippen LogP) is -0.480. The third-order valence-electron chi connectivity index (χ3n) is 0.203. The molecule has 0 aliphatic rings. The second-order valence-corrected chi connectivity index (χ2v) is 0.776. The van der Waals surface area contributed by atoms with Crippen molar-refractivity contribution < 1.29 is 10.0 Å². The molecule has 0 heterocycles. The van der Waals surface area contributed by atoms with Crippen LogP contribution >= 0.6 is 12.8 Å². The van der Waals surface area contributed by atoms with Crippen LogP contribution in [0.1, 0.15) is 0 Å². The number of nitrogens with one attached hydrogen (secondary N) is 2. The van der Waals surface area contributed by atoms with Crippen molar-refractivity contribution in [3.8, 4) is 0 Å². The average Bonchev–Trinajstić information content (AvgIpc) is 1.65. The van der Waals surface area contributed by atoms with Gasteiger partial charge in [-0.25, -0.2) is 10.3 Å². The second kappa shape index (κ2) is 2.80. The fraction of sp³-hybridized carbons (Fsp3) is 0. The van der Waals surface area contributed by atoms with Gasteiger partial charge in [-0.1, -0.05) is 12.8 Å². The standard InChI is InChI=1S/CH4N2O2S/c4-1(2-5)3-6/h5-6H,(H2,2,3,4). The van der Waals surface area contributed by atoms with E-state index in [-0.39, 0.29) is 0 Å². The molecule has 0 aromatic rings. The van der Waals surface area contributed by atoms with Crippen molar-refractivity contribution in [2.24, 2.45) is 0 Å². The van der Waals surface area contributed by atoms with E-state index < -0.39 is 6.03 Å². The molecule has 0 aromatic heterocycles. The van der Waals surface area contributed by atoms with Crippen molar-refractivity contribution in [3.63, 3.8) is 0 Å². The average molecular weight is 108 g/mol. The molecule has 6 heavy (non-hydrogen) atoms. The monoisotopic (exact) mass is 108 g/mol. The van der Waals surface area contributed by atoms with E-state index in [4.69, 9.17) is 5.21 Å². The third-order valence-corrected chi connectivity index (χ3v) is 0.406. The lowest BCUT2D eigenvalue weighted by Crippen LogP contribution is -2.26. The summed E-state index contributed by atoms with van der Waals surface area (Å²) in [7, 11) is 0. The third kappa shape index (κ3) is 1.86. The molecular formula is CH4N2O2S. The Bertz CT molecular complexity index is 49.5. The number of carbonyl (C=O) groups excluding carboxylic acids is 1. The number of urea groups is 1. The van der Waals surface area contributed by atoms with Gasteiger partial charge in [0, 0.05) is 0 Å². The molecule has 0 saturated heterocycles. The maximum atomic E-state index is 9.63. The lowest BCUT2D eigenvalue weighted by molar-refractivity contribution is 0.166. The number of hydroxylamine groups is 1. The first-order chi connectivity index (χ1) is 2.81. The van der Waals surface area contributed by atoms with Crippen LogP contribution < -0.4 is 10.2 Å². The van der Waals surface area contributed by atoms with Crippen LogP contribution in [0.5, 0.6) is 0 Å². The van der Waals surface area contributed by atoms with Crippen molar-refractivity contribution >= 4 is 18.8 Å². The molecule has 0 rings (SSSR count). The molecule has 4 nitrogen and oxygen atoms in total. The van der Waals surface area contributed by atoms with Gasteiger partial charge in [-0.05, 0) is 0 Å². The van der Waals surface area contributed by atoms with Crippen LogP contribution in [-0.4, -0.2) is 11.2 Å². The Morgan fingerprint density at radius 1 is 1.83 bits per heavy atom. The quantitative estimate of drug-likeness (QED) is 0.192. The second-order valence-electron chi connectivity index (χ2n) is 0.553. The summed E-state index contributed by atoms with van der Waals surface area (Å²) in [4.78, 5) is 9.63. The van der Waals surface area contributed by atoms with E-state index in [1.165, 1.54) is 5.48 Å². The van der Waals surface area contributed by atoms with Gasteiger partial charge in [0.05, 0.1) is 0 Å². The van der Waals surface area contributed by atoms with E-state index in [0.29, 0.717) is 0 Å². The van der Waals surface area contributed by atoms with Gasteiger partial charge in [0.1, 0.15) is 0 Å². The van der Waals surface area contributed by atoms with Crippen molar-refractivity contribution in [2.45, 2.75) is 0 Å².